The van der Waals surface area contributed by atoms with E-state index in [4.69, 9.17) is 4.74 Å². The van der Waals surface area contributed by atoms with E-state index in [1.54, 1.807) is 0 Å². The summed E-state index contributed by atoms with van der Waals surface area (Å²) in [5, 5.41) is 0. The molecule has 0 N–H and O–H groups in total. The van der Waals surface area contributed by atoms with Gasteiger partial charge in [0.05, 0.1) is 19.1 Å². The highest BCUT2D eigenvalue weighted by molar-refractivity contribution is 5.82. The van der Waals surface area contributed by atoms with E-state index in [-0.39, 0.29) is 11.9 Å². The third-order valence-corrected chi connectivity index (χ3v) is 5.75. The minimum absolute atomic E-state index is 0.0757. The van der Waals surface area contributed by atoms with Gasteiger partial charge < -0.3 is 9.64 Å². The monoisotopic (exact) mass is 355 g/mol. The van der Waals surface area contributed by atoms with Gasteiger partial charge in [0.15, 0.2) is 5.72 Å². The number of amides is 1. The average molecular weight is 355 g/mol. The lowest BCUT2D eigenvalue weighted by Gasteiger charge is -2.38. The smallest absolute Gasteiger partial charge is 0.230 e. The average Bonchev–Trinajstić information content (AvgIpc) is 3.05. The van der Waals surface area contributed by atoms with Crippen LogP contribution < -0.4 is 0 Å². The Labute approximate surface area is 159 Å². The van der Waals surface area contributed by atoms with Crippen molar-refractivity contribution in [1.82, 2.24) is 4.90 Å². The molecule has 0 aliphatic carbocycles. The molecule has 1 saturated heterocycles. The van der Waals surface area contributed by atoms with Crippen molar-refractivity contribution in [2.24, 2.45) is 0 Å². The van der Waals surface area contributed by atoms with Crippen molar-refractivity contribution < 1.29 is 9.53 Å². The lowest BCUT2D eigenvalue weighted by Crippen LogP contribution is -2.47. The van der Waals surface area contributed by atoms with Crippen LogP contribution in [0.3, 0.4) is 0 Å². The van der Waals surface area contributed by atoms with Gasteiger partial charge >= 0.3 is 0 Å². The molecule has 3 heteroatoms. The number of ether oxygens (including phenoxy) is 1. The second-order valence-corrected chi connectivity index (χ2v) is 7.27. The maximum atomic E-state index is 13.5. The molecule has 134 valence electrons. The molecule has 0 bridgehead atoms. The van der Waals surface area contributed by atoms with E-state index in [0.717, 1.165) is 16.7 Å². The van der Waals surface area contributed by atoms with E-state index in [9.17, 15) is 4.79 Å². The normalized spacial score (nSPS) is 24.2. The Bertz CT molecular complexity index is 970. The first kappa shape index (κ1) is 16.3. The number of carbonyl (C=O) groups is 1. The van der Waals surface area contributed by atoms with Gasteiger partial charge in [0.1, 0.15) is 0 Å². The second-order valence-electron chi connectivity index (χ2n) is 7.27. The fraction of sp³-hybridized carbons (Fsp3) is 0.208. The van der Waals surface area contributed by atoms with Gasteiger partial charge in [-0.3, -0.25) is 4.79 Å². The molecule has 1 fully saturated rings. The van der Waals surface area contributed by atoms with Gasteiger partial charge in [0.25, 0.3) is 0 Å². The number of fused-ring (bicyclic) bond motifs is 2. The molecule has 3 aromatic carbocycles. The van der Waals surface area contributed by atoms with Gasteiger partial charge in [0.2, 0.25) is 5.91 Å². The molecule has 2 aliphatic rings. The molecule has 3 aromatic rings. The molecule has 5 rings (SSSR count). The summed E-state index contributed by atoms with van der Waals surface area (Å²) >= 11 is 0. The lowest BCUT2D eigenvalue weighted by molar-refractivity contribution is -0.152. The van der Waals surface area contributed by atoms with Crippen LogP contribution in [0.25, 0.3) is 0 Å². The molecule has 27 heavy (non-hydrogen) atoms. The first-order valence-electron chi connectivity index (χ1n) is 9.41. The molecule has 0 spiro atoms. The second kappa shape index (κ2) is 6.36. The number of hydrogen-bond acceptors (Lipinski definition) is 2. The van der Waals surface area contributed by atoms with Gasteiger partial charge in [-0.25, -0.2) is 0 Å². The fourth-order valence-electron chi connectivity index (χ4n) is 4.48. The Morgan fingerprint density at radius 2 is 1.44 bits per heavy atom. The highest BCUT2D eigenvalue weighted by Gasteiger charge is 2.53. The summed E-state index contributed by atoms with van der Waals surface area (Å²) in [5.41, 5.74) is 3.68. The molecule has 3 nitrogen and oxygen atoms in total. The van der Waals surface area contributed by atoms with Crippen molar-refractivity contribution in [2.45, 2.75) is 24.6 Å². The topological polar surface area (TPSA) is 29.5 Å². The van der Waals surface area contributed by atoms with Crippen LogP contribution in [0.15, 0.2) is 84.9 Å². The quantitative estimate of drug-likeness (QED) is 0.688. The van der Waals surface area contributed by atoms with Gasteiger partial charge in [-0.2, -0.15) is 0 Å². The predicted molar refractivity (Wildman–Crippen MR) is 104 cm³/mol. The van der Waals surface area contributed by atoms with Crippen LogP contribution in [0, 0.1) is 0 Å². The minimum atomic E-state index is -0.758. The molecule has 0 radical (unpaired) electrons. The predicted octanol–water partition coefficient (Wildman–Crippen LogP) is 4.24. The van der Waals surface area contributed by atoms with Gasteiger partial charge in [-0.15, -0.1) is 0 Å². The number of nitrogens with zero attached hydrogens (tertiary/aromatic N) is 1. The van der Waals surface area contributed by atoms with E-state index in [1.165, 1.54) is 5.56 Å². The molecule has 0 saturated carbocycles. The summed E-state index contributed by atoms with van der Waals surface area (Å²) in [4.78, 5) is 15.5. The molecule has 1 amide bonds. The van der Waals surface area contributed by atoms with E-state index in [0.29, 0.717) is 19.4 Å². The summed E-state index contributed by atoms with van der Waals surface area (Å²) in [5.74, 6) is 0.121. The Kier molecular flexibility index (Phi) is 3.83. The largest absolute Gasteiger partial charge is 0.348 e. The lowest BCUT2D eigenvalue weighted by atomic mass is 9.92. The molecule has 0 unspecified atom stereocenters. The Morgan fingerprint density at radius 3 is 2.19 bits per heavy atom. The van der Waals surface area contributed by atoms with Crippen molar-refractivity contribution in [3.63, 3.8) is 0 Å². The summed E-state index contributed by atoms with van der Waals surface area (Å²) in [7, 11) is 0. The van der Waals surface area contributed by atoms with Crippen molar-refractivity contribution in [1.29, 1.82) is 0 Å². The maximum absolute atomic E-state index is 13.5. The van der Waals surface area contributed by atoms with Gasteiger partial charge in [-0.05, 0) is 16.7 Å². The maximum Gasteiger partial charge on any atom is 0.230 e. The highest BCUT2D eigenvalue weighted by Crippen LogP contribution is 2.47. The van der Waals surface area contributed by atoms with E-state index in [2.05, 4.69) is 36.4 Å². The van der Waals surface area contributed by atoms with Crippen molar-refractivity contribution in [2.75, 3.05) is 6.61 Å². The molecular weight excluding hydrogens is 334 g/mol. The zero-order chi connectivity index (χ0) is 18.3. The fourth-order valence-corrected chi connectivity index (χ4v) is 4.48. The first-order valence-corrected chi connectivity index (χ1v) is 9.41. The summed E-state index contributed by atoms with van der Waals surface area (Å²) in [6.07, 6.45) is 1.08. The Morgan fingerprint density at radius 1 is 0.815 bits per heavy atom. The molecule has 0 aromatic heterocycles. The van der Waals surface area contributed by atoms with Crippen LogP contribution in [0.4, 0.5) is 0 Å². The molecule has 2 atom stereocenters. The standard InChI is InChI=1S/C24H21NO2/c26-23-15-19-11-7-8-12-20(19)16-24(21-13-5-2-6-14-21)25(23)22(17-27-24)18-9-3-1-4-10-18/h1-14,22H,15-17H2/t22-,24+/m0/s1. The first-order chi connectivity index (χ1) is 13.3. The van der Waals surface area contributed by atoms with E-state index >= 15 is 0 Å². The number of benzene rings is 3. The van der Waals surface area contributed by atoms with Crippen molar-refractivity contribution >= 4 is 5.91 Å². The molecule has 2 aliphatic heterocycles. The summed E-state index contributed by atoms with van der Waals surface area (Å²) < 4.78 is 6.51. The van der Waals surface area contributed by atoms with Crippen molar-refractivity contribution in [3.05, 3.63) is 107 Å². The van der Waals surface area contributed by atoms with Crippen molar-refractivity contribution in [3.8, 4) is 0 Å². The van der Waals surface area contributed by atoms with Crippen LogP contribution in [0.5, 0.6) is 0 Å². The van der Waals surface area contributed by atoms with Gasteiger partial charge in [0, 0.05) is 12.0 Å². The van der Waals surface area contributed by atoms with Crippen LogP contribution >= 0.6 is 0 Å². The Balaban J connectivity index is 1.69. The third-order valence-electron chi connectivity index (χ3n) is 5.75. The number of hydrogen-bond donors (Lipinski definition) is 0. The molecular formula is C24H21NO2. The Hall–Kier alpha value is -2.91. The SMILES string of the molecule is O=C1Cc2ccccc2C[C@]2(c3ccccc3)OC[C@@H](c3ccccc3)N12. The minimum Gasteiger partial charge on any atom is -0.348 e. The zero-order valence-corrected chi connectivity index (χ0v) is 15.0. The van der Waals surface area contributed by atoms with Crippen LogP contribution in [0.2, 0.25) is 0 Å². The van der Waals surface area contributed by atoms with E-state index in [1.807, 2.05) is 53.4 Å². The van der Waals surface area contributed by atoms with Crippen LogP contribution in [0.1, 0.15) is 28.3 Å². The summed E-state index contributed by atoms with van der Waals surface area (Å²) in [6.45, 7) is 0.507. The third kappa shape index (κ3) is 2.58. The highest BCUT2D eigenvalue weighted by atomic mass is 16.5. The van der Waals surface area contributed by atoms with Crippen LogP contribution in [-0.2, 0) is 28.1 Å². The van der Waals surface area contributed by atoms with Gasteiger partial charge in [-0.1, -0.05) is 84.9 Å². The molecule has 2 heterocycles. The zero-order valence-electron chi connectivity index (χ0n) is 15.0. The number of carbonyl (C=O) groups excluding carboxylic acids is 1. The summed E-state index contributed by atoms with van der Waals surface area (Å²) in [6, 6.07) is 28.5. The number of rotatable bonds is 2. The van der Waals surface area contributed by atoms with E-state index < -0.39 is 5.72 Å². The van der Waals surface area contributed by atoms with Crippen LogP contribution in [-0.4, -0.2) is 17.4 Å².